The lowest BCUT2D eigenvalue weighted by Crippen LogP contribution is -2.01. The Bertz CT molecular complexity index is 529. The number of thioether (sulfide) groups is 1. The van der Waals surface area contributed by atoms with E-state index in [1.54, 1.807) is 11.8 Å². The van der Waals surface area contributed by atoms with E-state index in [2.05, 4.69) is 19.1 Å². The summed E-state index contributed by atoms with van der Waals surface area (Å²) in [5, 5.41) is 1.97. The maximum atomic E-state index is 12.0. The average molecular weight is 262 g/mol. The quantitative estimate of drug-likeness (QED) is 0.602. The predicted octanol–water partition coefficient (Wildman–Crippen LogP) is 4.34. The third-order valence-electron chi connectivity index (χ3n) is 2.57. The van der Waals surface area contributed by atoms with Crippen molar-refractivity contribution in [3.63, 3.8) is 0 Å². The Morgan fingerprint density at radius 3 is 2.59 bits per heavy atom. The standard InChI is InChI=1S/C14H14OS2/c1-10-5-3-4-6-13(10)17-9-12(15)14-11(2)7-8-16-14/h3-8H,9H2,1-2H3. The van der Waals surface area contributed by atoms with E-state index in [4.69, 9.17) is 0 Å². The average Bonchev–Trinajstić information content (AvgIpc) is 2.74. The molecular formula is C14H14OS2. The summed E-state index contributed by atoms with van der Waals surface area (Å²) in [6, 6.07) is 10.2. The highest BCUT2D eigenvalue weighted by molar-refractivity contribution is 8.00. The van der Waals surface area contributed by atoms with Crippen molar-refractivity contribution in [1.82, 2.24) is 0 Å². The van der Waals surface area contributed by atoms with Crippen LogP contribution in [0.25, 0.3) is 0 Å². The lowest BCUT2D eigenvalue weighted by Gasteiger charge is -2.04. The van der Waals surface area contributed by atoms with Crippen LogP contribution in [0.2, 0.25) is 0 Å². The molecule has 0 aliphatic carbocycles. The Labute approximate surface area is 110 Å². The predicted molar refractivity (Wildman–Crippen MR) is 75.3 cm³/mol. The number of aryl methyl sites for hydroxylation is 2. The second kappa shape index (κ2) is 5.52. The summed E-state index contributed by atoms with van der Waals surface area (Å²) in [6.07, 6.45) is 0. The van der Waals surface area contributed by atoms with Crippen LogP contribution in [0.15, 0.2) is 40.6 Å². The molecule has 0 N–H and O–H groups in total. The maximum Gasteiger partial charge on any atom is 0.183 e. The lowest BCUT2D eigenvalue weighted by molar-refractivity contribution is 0.102. The Hall–Kier alpha value is -1.06. The third kappa shape index (κ3) is 2.99. The molecule has 0 amide bonds. The van der Waals surface area contributed by atoms with Gasteiger partial charge in [0.15, 0.2) is 5.78 Å². The lowest BCUT2D eigenvalue weighted by atomic mass is 10.2. The number of rotatable bonds is 4. The second-order valence-electron chi connectivity index (χ2n) is 3.91. The number of carbonyl (C=O) groups is 1. The first-order valence-corrected chi connectivity index (χ1v) is 7.30. The summed E-state index contributed by atoms with van der Waals surface area (Å²) in [7, 11) is 0. The van der Waals surface area contributed by atoms with E-state index in [0.717, 1.165) is 10.4 Å². The van der Waals surface area contributed by atoms with Crippen LogP contribution in [0.4, 0.5) is 0 Å². The summed E-state index contributed by atoms with van der Waals surface area (Å²) >= 11 is 3.15. The molecule has 3 heteroatoms. The Morgan fingerprint density at radius 2 is 1.94 bits per heavy atom. The van der Waals surface area contributed by atoms with Gasteiger partial charge in [-0.2, -0.15) is 0 Å². The molecule has 0 unspecified atom stereocenters. The van der Waals surface area contributed by atoms with Crippen LogP contribution >= 0.6 is 23.1 Å². The molecule has 17 heavy (non-hydrogen) atoms. The fourth-order valence-corrected chi connectivity index (χ4v) is 3.44. The van der Waals surface area contributed by atoms with Crippen molar-refractivity contribution >= 4 is 28.9 Å². The molecule has 0 spiro atoms. The van der Waals surface area contributed by atoms with Crippen LogP contribution in [-0.2, 0) is 0 Å². The van der Waals surface area contributed by atoms with Crippen LogP contribution in [0, 0.1) is 13.8 Å². The number of hydrogen-bond acceptors (Lipinski definition) is 3. The van der Waals surface area contributed by atoms with Gasteiger partial charge in [-0.1, -0.05) is 18.2 Å². The first kappa shape index (κ1) is 12.4. The van der Waals surface area contributed by atoms with Crippen LogP contribution in [-0.4, -0.2) is 11.5 Å². The smallest absolute Gasteiger partial charge is 0.183 e. The maximum absolute atomic E-state index is 12.0. The van der Waals surface area contributed by atoms with Crippen molar-refractivity contribution in [2.24, 2.45) is 0 Å². The first-order valence-electron chi connectivity index (χ1n) is 5.44. The summed E-state index contributed by atoms with van der Waals surface area (Å²) < 4.78 is 0. The van der Waals surface area contributed by atoms with Gasteiger partial charge in [0.1, 0.15) is 0 Å². The number of benzene rings is 1. The van der Waals surface area contributed by atoms with Gasteiger partial charge in [0.05, 0.1) is 10.6 Å². The van der Waals surface area contributed by atoms with E-state index in [1.165, 1.54) is 21.8 Å². The molecule has 1 heterocycles. The fraction of sp³-hybridized carbons (Fsp3) is 0.214. The van der Waals surface area contributed by atoms with Gasteiger partial charge in [0.2, 0.25) is 0 Å². The fourth-order valence-electron chi connectivity index (χ4n) is 1.59. The molecule has 0 atom stereocenters. The number of ketones is 1. The van der Waals surface area contributed by atoms with Gasteiger partial charge in [-0.25, -0.2) is 0 Å². The van der Waals surface area contributed by atoms with Crippen molar-refractivity contribution in [2.75, 3.05) is 5.75 Å². The molecular weight excluding hydrogens is 248 g/mol. The van der Waals surface area contributed by atoms with Gasteiger partial charge in [-0.3, -0.25) is 4.79 Å². The summed E-state index contributed by atoms with van der Waals surface area (Å²) in [5.74, 6) is 0.748. The minimum absolute atomic E-state index is 0.228. The SMILES string of the molecule is Cc1ccccc1SCC(=O)c1sccc1C. The highest BCUT2D eigenvalue weighted by Gasteiger charge is 2.11. The molecule has 0 saturated heterocycles. The van der Waals surface area contributed by atoms with Crippen LogP contribution < -0.4 is 0 Å². The van der Waals surface area contributed by atoms with Gasteiger partial charge in [-0.05, 0) is 42.5 Å². The van der Waals surface area contributed by atoms with Crippen LogP contribution in [0.3, 0.4) is 0 Å². The van der Waals surface area contributed by atoms with Crippen molar-refractivity contribution in [1.29, 1.82) is 0 Å². The van der Waals surface area contributed by atoms with E-state index in [9.17, 15) is 4.79 Å². The zero-order valence-electron chi connectivity index (χ0n) is 9.90. The first-order chi connectivity index (χ1) is 8.18. The minimum atomic E-state index is 0.228. The summed E-state index contributed by atoms with van der Waals surface area (Å²) in [6.45, 7) is 4.06. The zero-order chi connectivity index (χ0) is 12.3. The van der Waals surface area contributed by atoms with Crippen molar-refractivity contribution in [2.45, 2.75) is 18.7 Å². The molecule has 0 aliphatic rings. The Balaban J connectivity index is 2.02. The minimum Gasteiger partial charge on any atom is -0.292 e. The van der Waals surface area contributed by atoms with Gasteiger partial charge < -0.3 is 0 Å². The van der Waals surface area contributed by atoms with E-state index in [0.29, 0.717) is 5.75 Å². The van der Waals surface area contributed by atoms with Gasteiger partial charge in [-0.15, -0.1) is 23.1 Å². The van der Waals surface area contributed by atoms with E-state index in [1.807, 2.05) is 30.5 Å². The van der Waals surface area contributed by atoms with Gasteiger partial charge >= 0.3 is 0 Å². The number of carbonyl (C=O) groups excluding carboxylic acids is 1. The molecule has 1 nitrogen and oxygen atoms in total. The summed E-state index contributed by atoms with van der Waals surface area (Å²) in [4.78, 5) is 14.1. The largest absolute Gasteiger partial charge is 0.292 e. The Kier molecular flexibility index (Phi) is 4.02. The highest BCUT2D eigenvalue weighted by atomic mass is 32.2. The summed E-state index contributed by atoms with van der Waals surface area (Å²) in [5.41, 5.74) is 2.32. The number of thiophene rings is 1. The van der Waals surface area contributed by atoms with Crippen molar-refractivity contribution in [3.8, 4) is 0 Å². The molecule has 0 bridgehead atoms. The van der Waals surface area contributed by atoms with Crippen molar-refractivity contribution in [3.05, 3.63) is 51.7 Å². The third-order valence-corrected chi connectivity index (χ3v) is 4.80. The highest BCUT2D eigenvalue weighted by Crippen LogP contribution is 2.24. The molecule has 0 radical (unpaired) electrons. The molecule has 0 saturated carbocycles. The van der Waals surface area contributed by atoms with E-state index >= 15 is 0 Å². The zero-order valence-corrected chi connectivity index (χ0v) is 11.5. The van der Waals surface area contributed by atoms with E-state index < -0.39 is 0 Å². The molecule has 1 aromatic heterocycles. The molecule has 88 valence electrons. The normalized spacial score (nSPS) is 10.5. The number of hydrogen-bond donors (Lipinski definition) is 0. The molecule has 0 fully saturated rings. The van der Waals surface area contributed by atoms with Gasteiger partial charge in [0, 0.05) is 4.90 Å². The van der Waals surface area contributed by atoms with Crippen LogP contribution in [0.5, 0.6) is 0 Å². The second-order valence-corrected chi connectivity index (χ2v) is 5.84. The van der Waals surface area contributed by atoms with E-state index in [-0.39, 0.29) is 5.78 Å². The van der Waals surface area contributed by atoms with Gasteiger partial charge in [0.25, 0.3) is 0 Å². The molecule has 0 aliphatic heterocycles. The van der Waals surface area contributed by atoms with Crippen LogP contribution in [0.1, 0.15) is 20.8 Å². The monoisotopic (exact) mass is 262 g/mol. The molecule has 2 rings (SSSR count). The topological polar surface area (TPSA) is 17.1 Å². The molecule has 1 aromatic carbocycles. The number of Topliss-reactive ketones (excluding diaryl/α,β-unsaturated/α-hetero) is 1. The molecule has 2 aromatic rings. The Morgan fingerprint density at radius 1 is 1.18 bits per heavy atom. The van der Waals surface area contributed by atoms with Crippen molar-refractivity contribution < 1.29 is 4.79 Å².